The molecule has 27 heavy (non-hydrogen) atoms. The minimum atomic E-state index is -0.853. The molecule has 1 fully saturated rings. The van der Waals surface area contributed by atoms with Gasteiger partial charge in [0.25, 0.3) is 0 Å². The quantitative estimate of drug-likeness (QED) is 0.539. The Morgan fingerprint density at radius 2 is 2.04 bits per heavy atom. The lowest BCUT2D eigenvalue weighted by Gasteiger charge is -2.25. The van der Waals surface area contributed by atoms with Gasteiger partial charge in [-0.2, -0.15) is 9.37 Å². The molecule has 4 heterocycles. The Hall–Kier alpha value is -2.43. The molecule has 1 saturated heterocycles. The number of pyridine rings is 2. The van der Waals surface area contributed by atoms with Crippen LogP contribution in [0.1, 0.15) is 0 Å². The highest BCUT2D eigenvalue weighted by Gasteiger charge is 2.19. The van der Waals surface area contributed by atoms with Gasteiger partial charge >= 0.3 is 0 Å². The number of nitrogens with zero attached hydrogens (tertiary/aromatic N) is 4. The fourth-order valence-corrected chi connectivity index (χ4v) is 3.85. The number of hydrogen-bond donors (Lipinski definition) is 1. The summed E-state index contributed by atoms with van der Waals surface area (Å²) in [5.74, 6) is -1.46. The molecule has 2 N–H and O–H groups in total. The first-order valence-electron chi connectivity index (χ1n) is 8.24. The standard InChI is InChI=1S/C17H17F2N5O2S/c1-25-13-7-15-21-8-12(10-6-11(18)17(20)22-16(10)19)24(15)9-14(13)27-23-2-4-26-5-3-23/h6-9H,2-5H2,1H3,(H2,20,22). The summed E-state index contributed by atoms with van der Waals surface area (Å²) in [5, 5.41) is 0. The minimum Gasteiger partial charge on any atom is -0.495 e. The highest BCUT2D eigenvalue weighted by Crippen LogP contribution is 2.35. The highest BCUT2D eigenvalue weighted by molar-refractivity contribution is 7.97. The molecule has 1 aliphatic rings. The van der Waals surface area contributed by atoms with Gasteiger partial charge in [0.15, 0.2) is 11.6 Å². The van der Waals surface area contributed by atoms with Crippen molar-refractivity contribution in [3.8, 4) is 17.0 Å². The third-order valence-corrected chi connectivity index (χ3v) is 5.35. The van der Waals surface area contributed by atoms with Gasteiger partial charge in [-0.05, 0) is 18.0 Å². The number of aromatic nitrogens is 3. The monoisotopic (exact) mass is 393 g/mol. The van der Waals surface area contributed by atoms with E-state index in [1.807, 2.05) is 0 Å². The Kier molecular flexibility index (Phi) is 4.85. The summed E-state index contributed by atoms with van der Waals surface area (Å²) >= 11 is 1.52. The summed E-state index contributed by atoms with van der Waals surface area (Å²) in [4.78, 5) is 8.53. The number of hydrogen-bond acceptors (Lipinski definition) is 7. The van der Waals surface area contributed by atoms with Gasteiger partial charge in [0.1, 0.15) is 11.4 Å². The molecule has 0 saturated carbocycles. The van der Waals surface area contributed by atoms with Crippen molar-refractivity contribution >= 4 is 23.4 Å². The molecule has 0 unspecified atom stereocenters. The molecule has 3 aromatic heterocycles. The van der Waals surface area contributed by atoms with E-state index in [0.29, 0.717) is 30.3 Å². The van der Waals surface area contributed by atoms with Crippen LogP contribution in [0.5, 0.6) is 5.75 Å². The van der Waals surface area contributed by atoms with Crippen LogP contribution in [0.4, 0.5) is 14.6 Å². The second-order valence-electron chi connectivity index (χ2n) is 5.90. The van der Waals surface area contributed by atoms with Crippen molar-refractivity contribution in [3.05, 3.63) is 36.3 Å². The lowest BCUT2D eigenvalue weighted by molar-refractivity contribution is 0.0773. The predicted molar refractivity (Wildman–Crippen MR) is 97.6 cm³/mol. The molecule has 0 amide bonds. The van der Waals surface area contributed by atoms with Crippen LogP contribution < -0.4 is 10.5 Å². The van der Waals surface area contributed by atoms with Crippen LogP contribution in [0.25, 0.3) is 16.9 Å². The molecule has 7 nitrogen and oxygen atoms in total. The third-order valence-electron chi connectivity index (χ3n) is 4.22. The fraction of sp³-hybridized carbons (Fsp3) is 0.294. The van der Waals surface area contributed by atoms with Crippen molar-refractivity contribution < 1.29 is 18.3 Å². The number of anilines is 1. The lowest BCUT2D eigenvalue weighted by Crippen LogP contribution is -2.30. The summed E-state index contributed by atoms with van der Waals surface area (Å²) < 4.78 is 42.8. The van der Waals surface area contributed by atoms with E-state index in [1.165, 1.54) is 18.1 Å². The topological polar surface area (TPSA) is 77.9 Å². The van der Waals surface area contributed by atoms with Gasteiger partial charge in [-0.1, -0.05) is 0 Å². The van der Waals surface area contributed by atoms with Crippen LogP contribution in [-0.2, 0) is 4.74 Å². The van der Waals surface area contributed by atoms with Crippen molar-refractivity contribution in [2.24, 2.45) is 0 Å². The first kappa shape index (κ1) is 18.0. The van der Waals surface area contributed by atoms with Gasteiger partial charge in [-0.15, -0.1) is 0 Å². The van der Waals surface area contributed by atoms with Gasteiger partial charge in [0.2, 0.25) is 5.95 Å². The Morgan fingerprint density at radius 3 is 2.78 bits per heavy atom. The van der Waals surface area contributed by atoms with Crippen LogP contribution in [0.15, 0.2) is 29.4 Å². The number of fused-ring (bicyclic) bond motifs is 1. The predicted octanol–water partition coefficient (Wildman–Crippen LogP) is 2.60. The van der Waals surface area contributed by atoms with E-state index in [-0.39, 0.29) is 5.56 Å². The summed E-state index contributed by atoms with van der Waals surface area (Å²) in [6, 6.07) is 2.78. The molecule has 0 spiro atoms. The number of methoxy groups -OCH3 is 1. The Morgan fingerprint density at radius 1 is 1.26 bits per heavy atom. The molecular weight excluding hydrogens is 376 g/mol. The average Bonchev–Trinajstić information content (AvgIpc) is 3.07. The van der Waals surface area contributed by atoms with E-state index in [0.717, 1.165) is 24.1 Å². The number of ether oxygens (including phenoxy) is 2. The summed E-state index contributed by atoms with van der Waals surface area (Å²) in [6.45, 7) is 2.89. The SMILES string of the molecule is COc1cc2ncc(-c3cc(F)c(N)nc3F)n2cc1SN1CCOCC1. The van der Waals surface area contributed by atoms with Crippen LogP contribution in [-0.4, -0.2) is 52.1 Å². The molecule has 4 rings (SSSR count). The van der Waals surface area contributed by atoms with Gasteiger partial charge < -0.3 is 15.2 Å². The zero-order chi connectivity index (χ0) is 19.0. The van der Waals surface area contributed by atoms with Crippen molar-refractivity contribution in [2.45, 2.75) is 4.90 Å². The summed E-state index contributed by atoms with van der Waals surface area (Å²) in [7, 11) is 1.58. The normalized spacial score (nSPS) is 15.4. The van der Waals surface area contributed by atoms with E-state index in [4.69, 9.17) is 15.2 Å². The third kappa shape index (κ3) is 3.43. The molecule has 3 aromatic rings. The zero-order valence-electron chi connectivity index (χ0n) is 14.5. The van der Waals surface area contributed by atoms with Crippen molar-refractivity contribution in [3.63, 3.8) is 0 Å². The highest BCUT2D eigenvalue weighted by atomic mass is 32.2. The maximum atomic E-state index is 14.3. The fourth-order valence-electron chi connectivity index (χ4n) is 2.85. The molecule has 10 heteroatoms. The zero-order valence-corrected chi connectivity index (χ0v) is 15.3. The maximum absolute atomic E-state index is 14.3. The molecule has 142 valence electrons. The number of rotatable bonds is 4. The van der Waals surface area contributed by atoms with E-state index >= 15 is 0 Å². The number of morpholine rings is 1. The van der Waals surface area contributed by atoms with Crippen LogP contribution in [0.3, 0.4) is 0 Å². The van der Waals surface area contributed by atoms with Gasteiger partial charge in [0.05, 0.1) is 42.7 Å². The minimum absolute atomic E-state index is 0.0123. The van der Waals surface area contributed by atoms with E-state index < -0.39 is 17.6 Å². The van der Waals surface area contributed by atoms with E-state index in [1.54, 1.807) is 23.8 Å². The average molecular weight is 393 g/mol. The summed E-state index contributed by atoms with van der Waals surface area (Å²) in [5.41, 5.74) is 6.25. The van der Waals surface area contributed by atoms with Gasteiger partial charge in [-0.25, -0.2) is 13.7 Å². The Labute approximate surface area is 158 Å². The number of nitrogens with two attached hydrogens (primary N) is 1. The number of nitrogen functional groups attached to an aromatic ring is 1. The molecule has 0 atom stereocenters. The van der Waals surface area contributed by atoms with E-state index in [2.05, 4.69) is 14.3 Å². The second kappa shape index (κ2) is 7.29. The second-order valence-corrected chi connectivity index (χ2v) is 7.04. The van der Waals surface area contributed by atoms with Crippen molar-refractivity contribution in [1.82, 2.24) is 18.7 Å². The first-order valence-corrected chi connectivity index (χ1v) is 9.02. The van der Waals surface area contributed by atoms with Gasteiger partial charge in [-0.3, -0.25) is 4.40 Å². The van der Waals surface area contributed by atoms with Crippen molar-refractivity contribution in [2.75, 3.05) is 39.1 Å². The van der Waals surface area contributed by atoms with Crippen LogP contribution in [0, 0.1) is 11.8 Å². The van der Waals surface area contributed by atoms with Crippen molar-refractivity contribution in [1.29, 1.82) is 0 Å². The van der Waals surface area contributed by atoms with Crippen LogP contribution >= 0.6 is 11.9 Å². The molecular formula is C17H17F2N5O2S. The number of halogens is 2. The van der Waals surface area contributed by atoms with E-state index in [9.17, 15) is 8.78 Å². The largest absolute Gasteiger partial charge is 0.495 e. The molecule has 0 radical (unpaired) electrons. The maximum Gasteiger partial charge on any atom is 0.224 e. The Bertz CT molecular complexity index is 991. The Balaban J connectivity index is 1.79. The lowest BCUT2D eigenvalue weighted by atomic mass is 10.2. The smallest absolute Gasteiger partial charge is 0.224 e. The number of imidazole rings is 1. The molecule has 1 aliphatic heterocycles. The molecule has 0 aliphatic carbocycles. The van der Waals surface area contributed by atoms with Gasteiger partial charge in [0, 0.05) is 25.4 Å². The molecule has 0 bridgehead atoms. The van der Waals surface area contributed by atoms with Crippen LogP contribution in [0.2, 0.25) is 0 Å². The summed E-state index contributed by atoms with van der Waals surface area (Å²) in [6.07, 6.45) is 3.26. The molecule has 0 aromatic carbocycles. The first-order chi connectivity index (χ1) is 13.1.